The monoisotopic (exact) mass is 374 g/mol. The number of nitrogens with two attached hydrogens (primary N) is 1. The highest BCUT2D eigenvalue weighted by atomic mass is 16.5. The van der Waals surface area contributed by atoms with Gasteiger partial charge < -0.3 is 25.0 Å². The molecule has 0 saturated heterocycles. The smallest absolute Gasteiger partial charge is 0.306 e. The molecule has 0 spiro atoms. The van der Waals surface area contributed by atoms with Gasteiger partial charge in [0.1, 0.15) is 0 Å². The molecule has 0 bridgehead atoms. The molecule has 0 aliphatic rings. The van der Waals surface area contributed by atoms with Crippen molar-refractivity contribution in [1.82, 2.24) is 14.7 Å². The Balaban J connectivity index is 4.36. The second-order valence-electron chi connectivity index (χ2n) is 6.72. The highest BCUT2D eigenvalue weighted by molar-refractivity contribution is 5.70. The van der Waals surface area contributed by atoms with Crippen LogP contribution >= 0.6 is 0 Å². The average Bonchev–Trinajstić information content (AvgIpc) is 2.63. The minimum absolute atomic E-state index is 0.240. The van der Waals surface area contributed by atoms with Gasteiger partial charge >= 0.3 is 11.9 Å². The Morgan fingerprint density at radius 2 is 1.35 bits per heavy atom. The van der Waals surface area contributed by atoms with E-state index in [0.717, 1.165) is 32.7 Å². The van der Waals surface area contributed by atoms with Gasteiger partial charge in [0.2, 0.25) is 0 Å². The molecule has 0 aromatic heterocycles. The number of hydrogen-bond donors (Lipinski definition) is 1. The Labute approximate surface area is 158 Å². The molecule has 0 radical (unpaired) electrons. The second kappa shape index (κ2) is 14.9. The van der Waals surface area contributed by atoms with E-state index in [1.807, 2.05) is 0 Å². The molecule has 0 rings (SSSR count). The van der Waals surface area contributed by atoms with Crippen LogP contribution < -0.4 is 5.73 Å². The lowest BCUT2D eigenvalue weighted by Gasteiger charge is -2.29. The Morgan fingerprint density at radius 1 is 0.846 bits per heavy atom. The van der Waals surface area contributed by atoms with Crippen LogP contribution in [0.1, 0.15) is 26.7 Å². The maximum atomic E-state index is 11.4. The zero-order chi connectivity index (χ0) is 19.9. The number of methoxy groups -OCH3 is 2. The molecule has 8 heteroatoms. The summed E-state index contributed by atoms with van der Waals surface area (Å²) in [4.78, 5) is 29.5. The van der Waals surface area contributed by atoms with Crippen LogP contribution in [0.3, 0.4) is 0 Å². The molecule has 0 aromatic rings. The number of carbonyl (C=O) groups excluding carboxylic acids is 2. The molecule has 0 aliphatic carbocycles. The Bertz CT molecular complexity index is 373. The lowest BCUT2D eigenvalue weighted by atomic mass is 10.3. The number of nitrogens with zero attached hydrogens (tertiary/aromatic N) is 3. The van der Waals surface area contributed by atoms with E-state index >= 15 is 0 Å². The van der Waals surface area contributed by atoms with E-state index in [1.165, 1.54) is 14.2 Å². The molecule has 2 N–H and O–H groups in total. The van der Waals surface area contributed by atoms with Crippen LogP contribution in [-0.2, 0) is 19.1 Å². The molecule has 0 aliphatic heterocycles. The largest absolute Gasteiger partial charge is 0.469 e. The zero-order valence-electron chi connectivity index (χ0n) is 17.2. The lowest BCUT2D eigenvalue weighted by Crippen LogP contribution is -2.42. The summed E-state index contributed by atoms with van der Waals surface area (Å²) in [5.41, 5.74) is 5.67. The summed E-state index contributed by atoms with van der Waals surface area (Å²) in [5, 5.41) is 0. The van der Waals surface area contributed by atoms with Crippen LogP contribution in [0.15, 0.2) is 0 Å². The van der Waals surface area contributed by atoms with Crippen molar-refractivity contribution in [2.24, 2.45) is 5.73 Å². The first-order valence-electron chi connectivity index (χ1n) is 9.32. The van der Waals surface area contributed by atoms with Crippen LogP contribution in [0.5, 0.6) is 0 Å². The fourth-order valence-electron chi connectivity index (χ4n) is 2.56. The van der Waals surface area contributed by atoms with Gasteiger partial charge in [-0.2, -0.15) is 0 Å². The number of hydrogen-bond acceptors (Lipinski definition) is 8. The molecule has 0 heterocycles. The zero-order valence-corrected chi connectivity index (χ0v) is 17.2. The van der Waals surface area contributed by atoms with Gasteiger partial charge in [0.25, 0.3) is 0 Å². The van der Waals surface area contributed by atoms with Crippen LogP contribution in [0.4, 0.5) is 0 Å². The highest BCUT2D eigenvalue weighted by Crippen LogP contribution is 2.00. The minimum atomic E-state index is -0.240. The van der Waals surface area contributed by atoms with Crippen molar-refractivity contribution < 1.29 is 19.1 Å². The number of likely N-dealkylation sites (N-methyl/N-ethyl adjacent to an activating group) is 1. The van der Waals surface area contributed by atoms with Crippen LogP contribution in [0, 0.1) is 0 Å². The van der Waals surface area contributed by atoms with Crippen molar-refractivity contribution in [2.45, 2.75) is 32.7 Å². The summed E-state index contributed by atoms with van der Waals surface area (Å²) < 4.78 is 9.40. The molecule has 0 aromatic carbocycles. The fourth-order valence-corrected chi connectivity index (χ4v) is 2.56. The van der Waals surface area contributed by atoms with E-state index in [1.54, 1.807) is 0 Å². The Kier molecular flexibility index (Phi) is 14.2. The Morgan fingerprint density at radius 3 is 1.77 bits per heavy atom. The summed E-state index contributed by atoms with van der Waals surface area (Å²) in [6.45, 7) is 10.6. The first kappa shape index (κ1) is 24.8. The molecule has 0 unspecified atom stereocenters. The molecule has 26 heavy (non-hydrogen) atoms. The summed E-state index contributed by atoms with van der Waals surface area (Å²) in [5.74, 6) is -0.480. The summed E-state index contributed by atoms with van der Waals surface area (Å²) in [6, 6.07) is 0.476. The van der Waals surface area contributed by atoms with Crippen molar-refractivity contribution in [2.75, 3.05) is 73.6 Å². The van der Waals surface area contributed by atoms with E-state index in [2.05, 4.69) is 35.6 Å². The number of carbonyl (C=O) groups is 2. The molecular weight excluding hydrogens is 336 g/mol. The molecule has 0 saturated carbocycles. The maximum Gasteiger partial charge on any atom is 0.306 e. The van der Waals surface area contributed by atoms with E-state index in [9.17, 15) is 9.59 Å². The molecule has 154 valence electrons. The van der Waals surface area contributed by atoms with Crippen molar-refractivity contribution in [3.05, 3.63) is 0 Å². The van der Waals surface area contributed by atoms with E-state index < -0.39 is 0 Å². The number of ether oxygens (including phenoxy) is 2. The SMILES string of the molecule is COC(=O)CCN(CCC(=O)OC)CCN(C)CCN(CCN)C(C)C. The van der Waals surface area contributed by atoms with Crippen LogP contribution in [0.25, 0.3) is 0 Å². The van der Waals surface area contributed by atoms with Crippen molar-refractivity contribution in [1.29, 1.82) is 0 Å². The topological polar surface area (TPSA) is 88.3 Å². The number of rotatable bonds is 15. The van der Waals surface area contributed by atoms with E-state index in [-0.39, 0.29) is 11.9 Å². The Hall–Kier alpha value is -1.22. The summed E-state index contributed by atoms with van der Waals surface area (Å²) in [6.07, 6.45) is 0.637. The van der Waals surface area contributed by atoms with Gasteiger partial charge in [0, 0.05) is 58.4 Å². The standard InChI is InChI=1S/C18H38N4O4/c1-16(2)22(11-8-19)15-13-20(3)12-14-21(9-6-17(23)25-4)10-7-18(24)26-5/h16H,6-15,19H2,1-5H3. The van der Waals surface area contributed by atoms with Crippen LogP contribution in [0.2, 0.25) is 0 Å². The first-order valence-corrected chi connectivity index (χ1v) is 9.32. The molecule has 8 nitrogen and oxygen atoms in total. The third kappa shape index (κ3) is 12.2. The molecular formula is C18H38N4O4. The van der Waals surface area contributed by atoms with Gasteiger partial charge in [-0.15, -0.1) is 0 Å². The van der Waals surface area contributed by atoms with Gasteiger partial charge in [-0.05, 0) is 20.9 Å². The first-order chi connectivity index (χ1) is 12.3. The van der Waals surface area contributed by atoms with Crippen LogP contribution in [-0.4, -0.2) is 106 Å². The van der Waals surface area contributed by atoms with Gasteiger partial charge in [-0.1, -0.05) is 0 Å². The van der Waals surface area contributed by atoms with E-state index in [0.29, 0.717) is 38.5 Å². The quantitative estimate of drug-likeness (QED) is 0.401. The maximum absolute atomic E-state index is 11.4. The summed E-state index contributed by atoms with van der Waals surface area (Å²) in [7, 11) is 4.85. The fraction of sp³-hybridized carbons (Fsp3) is 0.889. The van der Waals surface area contributed by atoms with Gasteiger partial charge in [-0.25, -0.2) is 0 Å². The average molecular weight is 375 g/mol. The predicted molar refractivity (Wildman–Crippen MR) is 103 cm³/mol. The molecule has 0 amide bonds. The normalized spacial score (nSPS) is 11.6. The third-order valence-electron chi connectivity index (χ3n) is 4.43. The van der Waals surface area contributed by atoms with E-state index in [4.69, 9.17) is 15.2 Å². The highest BCUT2D eigenvalue weighted by Gasteiger charge is 2.13. The van der Waals surface area contributed by atoms with Crippen molar-refractivity contribution in [3.63, 3.8) is 0 Å². The minimum Gasteiger partial charge on any atom is -0.469 e. The van der Waals surface area contributed by atoms with Crippen molar-refractivity contribution >= 4 is 11.9 Å². The lowest BCUT2D eigenvalue weighted by molar-refractivity contribution is -0.141. The number of esters is 2. The third-order valence-corrected chi connectivity index (χ3v) is 4.43. The molecule has 0 fully saturated rings. The van der Waals surface area contributed by atoms with Gasteiger partial charge in [-0.3, -0.25) is 14.5 Å². The van der Waals surface area contributed by atoms with Crippen molar-refractivity contribution in [3.8, 4) is 0 Å². The second-order valence-corrected chi connectivity index (χ2v) is 6.72. The predicted octanol–water partition coefficient (Wildman–Crippen LogP) is 0.0155. The summed E-state index contributed by atoms with van der Waals surface area (Å²) >= 11 is 0. The molecule has 0 atom stereocenters. The van der Waals surface area contributed by atoms with Gasteiger partial charge in [0.05, 0.1) is 27.1 Å². The van der Waals surface area contributed by atoms with Gasteiger partial charge in [0.15, 0.2) is 0 Å².